The molecular weight excluding hydrogens is 228 g/mol. The summed E-state index contributed by atoms with van der Waals surface area (Å²) >= 11 is 0. The van der Waals surface area contributed by atoms with Gasteiger partial charge >= 0.3 is 5.69 Å². The van der Waals surface area contributed by atoms with Gasteiger partial charge in [-0.25, -0.2) is 4.79 Å². The molecule has 5 heteroatoms. The van der Waals surface area contributed by atoms with Gasteiger partial charge in [0.25, 0.3) is 0 Å². The molecule has 0 aliphatic carbocycles. The number of nitrogens with zero attached hydrogens (tertiary/aromatic N) is 3. The minimum atomic E-state index is -0.305. The summed E-state index contributed by atoms with van der Waals surface area (Å²) in [7, 11) is 6.01. The van der Waals surface area contributed by atoms with Gasteiger partial charge in [-0.05, 0) is 26.2 Å². The lowest BCUT2D eigenvalue weighted by atomic mass is 10.2. The van der Waals surface area contributed by atoms with E-state index in [4.69, 9.17) is 0 Å². The van der Waals surface area contributed by atoms with E-state index in [9.17, 15) is 4.79 Å². The molecule has 0 aliphatic heterocycles. The molecule has 0 amide bonds. The van der Waals surface area contributed by atoms with Crippen LogP contribution in [0.1, 0.15) is 0 Å². The lowest BCUT2D eigenvalue weighted by Gasteiger charge is -2.21. The van der Waals surface area contributed by atoms with E-state index in [0.29, 0.717) is 0 Å². The van der Waals surface area contributed by atoms with Crippen LogP contribution in [0.25, 0.3) is 10.9 Å². The van der Waals surface area contributed by atoms with Crippen LogP contribution < -0.4 is 10.6 Å². The van der Waals surface area contributed by atoms with Crippen molar-refractivity contribution in [3.8, 4) is 0 Å². The fraction of sp³-hybridized carbons (Fsp3) is 0.385. The quantitative estimate of drug-likeness (QED) is 0.871. The van der Waals surface area contributed by atoms with Gasteiger partial charge in [0.15, 0.2) is 0 Å². The first-order chi connectivity index (χ1) is 8.58. The van der Waals surface area contributed by atoms with Crippen LogP contribution in [-0.2, 0) is 0 Å². The molecule has 0 fully saturated rings. The van der Waals surface area contributed by atoms with Crippen LogP contribution in [0.3, 0.4) is 0 Å². The van der Waals surface area contributed by atoms with Gasteiger partial charge in [0.1, 0.15) is 5.82 Å². The Morgan fingerprint density at radius 2 is 1.89 bits per heavy atom. The maximum atomic E-state index is 11.5. The molecule has 0 aliphatic rings. The molecule has 1 aromatic carbocycles. The molecule has 0 atom stereocenters. The maximum absolute atomic E-state index is 11.5. The molecule has 96 valence electrons. The number of nitrogens with one attached hydrogen (secondary N) is 1. The summed E-state index contributed by atoms with van der Waals surface area (Å²) in [5.41, 5.74) is 0.518. The van der Waals surface area contributed by atoms with Crippen LogP contribution in [0.5, 0.6) is 0 Å². The number of rotatable bonds is 4. The smallest absolute Gasteiger partial charge is 0.347 e. The number of aromatic amines is 1. The number of benzene rings is 1. The van der Waals surface area contributed by atoms with Crippen molar-refractivity contribution in [1.82, 2.24) is 14.9 Å². The molecule has 0 radical (unpaired) electrons. The minimum absolute atomic E-state index is 0.305. The summed E-state index contributed by atoms with van der Waals surface area (Å²) in [6.45, 7) is 1.74. The van der Waals surface area contributed by atoms with E-state index in [-0.39, 0.29) is 5.69 Å². The molecule has 2 rings (SSSR count). The van der Waals surface area contributed by atoms with Crippen molar-refractivity contribution in [1.29, 1.82) is 0 Å². The van der Waals surface area contributed by atoms with Crippen molar-refractivity contribution in [3.63, 3.8) is 0 Å². The number of likely N-dealkylation sites (N-methyl/N-ethyl adjacent to an activating group) is 2. The predicted molar refractivity (Wildman–Crippen MR) is 74.2 cm³/mol. The van der Waals surface area contributed by atoms with Gasteiger partial charge in [-0.2, -0.15) is 4.98 Å². The highest BCUT2D eigenvalue weighted by Gasteiger charge is 2.09. The monoisotopic (exact) mass is 246 g/mol. The number of fused-ring (bicyclic) bond motifs is 1. The Bertz CT molecular complexity index is 591. The fourth-order valence-corrected chi connectivity index (χ4v) is 1.83. The van der Waals surface area contributed by atoms with Crippen LogP contribution >= 0.6 is 0 Å². The molecule has 0 unspecified atom stereocenters. The highest BCUT2D eigenvalue weighted by Crippen LogP contribution is 2.19. The molecule has 0 saturated heterocycles. The van der Waals surface area contributed by atoms with Gasteiger partial charge in [-0.1, -0.05) is 12.1 Å². The molecule has 1 heterocycles. The van der Waals surface area contributed by atoms with E-state index in [0.717, 1.165) is 29.8 Å². The Hall–Kier alpha value is -1.88. The Kier molecular flexibility index (Phi) is 3.62. The first-order valence-corrected chi connectivity index (χ1v) is 5.93. The van der Waals surface area contributed by atoms with Gasteiger partial charge in [-0.3, -0.25) is 0 Å². The van der Waals surface area contributed by atoms with Crippen LogP contribution in [0.15, 0.2) is 29.1 Å². The van der Waals surface area contributed by atoms with Crippen LogP contribution in [-0.4, -0.2) is 49.1 Å². The molecule has 1 aromatic heterocycles. The maximum Gasteiger partial charge on any atom is 0.347 e. The van der Waals surface area contributed by atoms with Crippen molar-refractivity contribution >= 4 is 16.7 Å². The SMILES string of the molecule is CN(C)CCN(C)c1nc(=O)[nH]c2ccccc12. The third-order valence-electron chi connectivity index (χ3n) is 2.86. The second-order valence-electron chi connectivity index (χ2n) is 4.64. The molecular formula is C13H18N4O. The highest BCUT2D eigenvalue weighted by molar-refractivity contribution is 5.88. The largest absolute Gasteiger partial charge is 0.358 e. The second kappa shape index (κ2) is 5.18. The van der Waals surface area contributed by atoms with Gasteiger partial charge < -0.3 is 14.8 Å². The Morgan fingerprint density at radius 3 is 2.61 bits per heavy atom. The fourth-order valence-electron chi connectivity index (χ4n) is 1.83. The number of H-pyrrole nitrogens is 1. The number of anilines is 1. The molecule has 1 N–H and O–H groups in total. The third kappa shape index (κ3) is 2.68. The van der Waals surface area contributed by atoms with E-state index in [2.05, 4.69) is 14.9 Å². The Morgan fingerprint density at radius 1 is 1.17 bits per heavy atom. The first-order valence-electron chi connectivity index (χ1n) is 5.93. The Labute approximate surface area is 106 Å². The van der Waals surface area contributed by atoms with Crippen molar-refractivity contribution in [2.24, 2.45) is 0 Å². The number of para-hydroxylation sites is 1. The average molecular weight is 246 g/mol. The second-order valence-corrected chi connectivity index (χ2v) is 4.64. The van der Waals surface area contributed by atoms with Gasteiger partial charge in [0, 0.05) is 25.5 Å². The van der Waals surface area contributed by atoms with Gasteiger partial charge in [0.2, 0.25) is 0 Å². The van der Waals surface area contributed by atoms with Crippen molar-refractivity contribution in [2.75, 3.05) is 39.1 Å². The number of aromatic nitrogens is 2. The zero-order valence-corrected chi connectivity index (χ0v) is 11.0. The van der Waals surface area contributed by atoms with Gasteiger partial charge in [-0.15, -0.1) is 0 Å². The van der Waals surface area contributed by atoms with Crippen LogP contribution in [0.2, 0.25) is 0 Å². The zero-order chi connectivity index (χ0) is 13.1. The summed E-state index contributed by atoms with van der Waals surface area (Å²) < 4.78 is 0. The molecule has 5 nitrogen and oxygen atoms in total. The zero-order valence-electron chi connectivity index (χ0n) is 11.0. The van der Waals surface area contributed by atoms with E-state index in [1.54, 1.807) is 0 Å². The van der Waals surface area contributed by atoms with E-state index in [1.165, 1.54) is 0 Å². The van der Waals surface area contributed by atoms with Crippen molar-refractivity contribution in [2.45, 2.75) is 0 Å². The lowest BCUT2D eigenvalue weighted by molar-refractivity contribution is 0.416. The highest BCUT2D eigenvalue weighted by atomic mass is 16.1. The normalized spacial score (nSPS) is 11.1. The summed E-state index contributed by atoms with van der Waals surface area (Å²) in [4.78, 5) is 22.5. The van der Waals surface area contributed by atoms with E-state index < -0.39 is 0 Å². The molecule has 0 spiro atoms. The van der Waals surface area contributed by atoms with Crippen molar-refractivity contribution in [3.05, 3.63) is 34.7 Å². The van der Waals surface area contributed by atoms with Crippen LogP contribution in [0, 0.1) is 0 Å². The number of hydrogen-bond acceptors (Lipinski definition) is 4. The van der Waals surface area contributed by atoms with E-state index in [1.807, 2.05) is 50.3 Å². The standard InChI is InChI=1S/C13H18N4O/c1-16(2)8-9-17(3)12-10-6-4-5-7-11(10)14-13(18)15-12/h4-7H,8-9H2,1-3H3,(H,14,15,18). The summed E-state index contributed by atoms with van der Waals surface area (Å²) in [6, 6.07) is 7.72. The predicted octanol–water partition coefficient (Wildman–Crippen LogP) is 0.921. The first kappa shape index (κ1) is 12.6. The van der Waals surface area contributed by atoms with Crippen LogP contribution in [0.4, 0.5) is 5.82 Å². The molecule has 2 aromatic rings. The average Bonchev–Trinajstić information content (AvgIpc) is 2.34. The third-order valence-corrected chi connectivity index (χ3v) is 2.86. The summed E-state index contributed by atoms with van der Waals surface area (Å²) in [5, 5.41) is 0.971. The summed E-state index contributed by atoms with van der Waals surface area (Å²) in [5.74, 6) is 0.733. The lowest BCUT2D eigenvalue weighted by Crippen LogP contribution is -2.30. The van der Waals surface area contributed by atoms with E-state index >= 15 is 0 Å². The number of hydrogen-bond donors (Lipinski definition) is 1. The topological polar surface area (TPSA) is 52.2 Å². The Balaban J connectivity index is 2.40. The molecule has 18 heavy (non-hydrogen) atoms. The minimum Gasteiger partial charge on any atom is -0.358 e. The van der Waals surface area contributed by atoms with Gasteiger partial charge in [0.05, 0.1) is 5.52 Å². The molecule has 0 bridgehead atoms. The molecule has 0 saturated carbocycles. The van der Waals surface area contributed by atoms with Crippen molar-refractivity contribution < 1.29 is 0 Å². The summed E-state index contributed by atoms with van der Waals surface area (Å²) in [6.07, 6.45) is 0.